The molecule has 0 fully saturated rings. The summed E-state index contributed by atoms with van der Waals surface area (Å²) < 4.78 is 42.0. The predicted octanol–water partition coefficient (Wildman–Crippen LogP) is 5.60. The topological polar surface area (TPSA) is 42.4 Å². The summed E-state index contributed by atoms with van der Waals surface area (Å²) in [5.74, 6) is 0.639. The number of nitrogens with zero attached hydrogens (tertiary/aromatic N) is 1. The highest BCUT2D eigenvalue weighted by Gasteiger charge is 2.25. The van der Waals surface area contributed by atoms with E-state index in [0.717, 1.165) is 10.9 Å². The van der Waals surface area contributed by atoms with Crippen LogP contribution in [0.1, 0.15) is 25.7 Å². The highest BCUT2D eigenvalue weighted by Crippen LogP contribution is 2.33. The summed E-state index contributed by atoms with van der Waals surface area (Å²) in [7, 11) is 0. The van der Waals surface area contributed by atoms with Gasteiger partial charge in [-0.15, -0.1) is 0 Å². The maximum absolute atomic E-state index is 12.1. The highest BCUT2D eigenvalue weighted by atomic mass is 19.4. The molecule has 2 aromatic carbocycles. The molecule has 3 nitrogen and oxygen atoms in total. The van der Waals surface area contributed by atoms with E-state index in [-0.39, 0.29) is 12.2 Å². The molecule has 0 bridgehead atoms. The Morgan fingerprint density at radius 1 is 1.00 bits per heavy atom. The van der Waals surface area contributed by atoms with Crippen LogP contribution < -0.4 is 4.74 Å². The third-order valence-electron chi connectivity index (χ3n) is 3.99. The van der Waals surface area contributed by atoms with Crippen LogP contribution in [0.4, 0.5) is 13.2 Å². The molecule has 0 amide bonds. The van der Waals surface area contributed by atoms with Gasteiger partial charge in [-0.1, -0.05) is 18.2 Å². The third-order valence-corrected chi connectivity index (χ3v) is 3.99. The standard InChI is InChI=1S/C19H18F3NO2/c20-19(21,22)10-4-1-5-11-25-17-9-8-16(24)14-12-13-6-2-3-7-15(13)23-18(14)17/h2-3,6-9,12,24H,1,4-5,10-11H2. The number of para-hydroxylation sites is 1. The molecule has 1 aromatic heterocycles. The smallest absolute Gasteiger partial charge is 0.389 e. The van der Waals surface area contributed by atoms with E-state index in [9.17, 15) is 18.3 Å². The number of aromatic nitrogens is 1. The third kappa shape index (κ3) is 4.32. The van der Waals surface area contributed by atoms with E-state index in [2.05, 4.69) is 4.98 Å². The van der Waals surface area contributed by atoms with Gasteiger partial charge >= 0.3 is 6.18 Å². The minimum Gasteiger partial charge on any atom is -0.507 e. The van der Waals surface area contributed by atoms with Gasteiger partial charge in [0.05, 0.1) is 12.1 Å². The van der Waals surface area contributed by atoms with E-state index in [1.54, 1.807) is 6.07 Å². The lowest BCUT2D eigenvalue weighted by Gasteiger charge is -2.11. The lowest BCUT2D eigenvalue weighted by atomic mass is 10.1. The zero-order valence-corrected chi connectivity index (χ0v) is 13.5. The maximum atomic E-state index is 12.1. The Morgan fingerprint density at radius 2 is 1.80 bits per heavy atom. The van der Waals surface area contributed by atoms with Gasteiger partial charge in [0.15, 0.2) is 0 Å². The highest BCUT2D eigenvalue weighted by molar-refractivity contribution is 5.98. The molecule has 1 N–H and O–H groups in total. The summed E-state index contributed by atoms with van der Waals surface area (Å²) >= 11 is 0. The average molecular weight is 349 g/mol. The minimum atomic E-state index is -4.10. The summed E-state index contributed by atoms with van der Waals surface area (Å²) in [6.45, 7) is 0.312. The van der Waals surface area contributed by atoms with Gasteiger partial charge in [0, 0.05) is 17.2 Å². The van der Waals surface area contributed by atoms with Crippen LogP contribution in [0.15, 0.2) is 42.5 Å². The number of unbranched alkanes of at least 4 members (excludes halogenated alkanes) is 2. The quantitative estimate of drug-likeness (QED) is 0.465. The van der Waals surface area contributed by atoms with Crippen molar-refractivity contribution in [3.8, 4) is 11.5 Å². The van der Waals surface area contributed by atoms with E-state index < -0.39 is 12.6 Å². The van der Waals surface area contributed by atoms with Crippen molar-refractivity contribution < 1.29 is 23.0 Å². The van der Waals surface area contributed by atoms with Crippen molar-refractivity contribution in [2.45, 2.75) is 31.9 Å². The largest absolute Gasteiger partial charge is 0.507 e. The molecule has 3 rings (SSSR count). The fraction of sp³-hybridized carbons (Fsp3) is 0.316. The number of fused-ring (bicyclic) bond motifs is 2. The molecule has 0 aliphatic carbocycles. The van der Waals surface area contributed by atoms with Gasteiger partial charge in [-0.3, -0.25) is 0 Å². The Labute approximate surface area is 143 Å². The monoisotopic (exact) mass is 349 g/mol. The molecule has 3 aromatic rings. The molecule has 0 atom stereocenters. The number of phenols is 1. The van der Waals surface area contributed by atoms with Crippen molar-refractivity contribution in [3.05, 3.63) is 42.5 Å². The van der Waals surface area contributed by atoms with Crippen molar-refractivity contribution in [1.29, 1.82) is 0 Å². The maximum Gasteiger partial charge on any atom is 0.389 e. The van der Waals surface area contributed by atoms with Gasteiger partial charge in [-0.25, -0.2) is 4.98 Å². The van der Waals surface area contributed by atoms with Gasteiger partial charge in [0.25, 0.3) is 0 Å². The van der Waals surface area contributed by atoms with Crippen molar-refractivity contribution in [2.24, 2.45) is 0 Å². The second kappa shape index (κ2) is 7.17. The minimum absolute atomic E-state index is 0.103. The van der Waals surface area contributed by atoms with Crippen molar-refractivity contribution in [3.63, 3.8) is 0 Å². The molecule has 0 radical (unpaired) electrons. The van der Waals surface area contributed by atoms with Crippen LogP contribution in [0.5, 0.6) is 11.5 Å². The van der Waals surface area contributed by atoms with E-state index >= 15 is 0 Å². The van der Waals surface area contributed by atoms with Gasteiger partial charge in [-0.2, -0.15) is 13.2 Å². The number of ether oxygens (including phenoxy) is 1. The molecule has 25 heavy (non-hydrogen) atoms. The van der Waals surface area contributed by atoms with Crippen LogP contribution in [-0.2, 0) is 0 Å². The van der Waals surface area contributed by atoms with Crippen molar-refractivity contribution in [1.82, 2.24) is 4.98 Å². The van der Waals surface area contributed by atoms with Gasteiger partial charge in [-0.05, 0) is 43.5 Å². The first kappa shape index (κ1) is 17.3. The van der Waals surface area contributed by atoms with Crippen LogP contribution in [0.2, 0.25) is 0 Å². The molecule has 0 saturated heterocycles. The van der Waals surface area contributed by atoms with E-state index in [0.29, 0.717) is 36.1 Å². The molecule has 132 valence electrons. The molecule has 6 heteroatoms. The van der Waals surface area contributed by atoms with Crippen LogP contribution >= 0.6 is 0 Å². The van der Waals surface area contributed by atoms with Crippen LogP contribution in [0, 0.1) is 0 Å². The zero-order valence-electron chi connectivity index (χ0n) is 13.5. The van der Waals surface area contributed by atoms with Crippen LogP contribution in [0.3, 0.4) is 0 Å². The Hall–Kier alpha value is -2.50. The second-order valence-corrected chi connectivity index (χ2v) is 5.93. The molecule has 0 unspecified atom stereocenters. The van der Waals surface area contributed by atoms with E-state index in [1.165, 1.54) is 6.07 Å². The summed E-state index contributed by atoms with van der Waals surface area (Å²) in [4.78, 5) is 4.55. The van der Waals surface area contributed by atoms with E-state index in [4.69, 9.17) is 4.74 Å². The van der Waals surface area contributed by atoms with Crippen molar-refractivity contribution in [2.75, 3.05) is 6.61 Å². The Morgan fingerprint density at radius 3 is 2.60 bits per heavy atom. The number of hydrogen-bond acceptors (Lipinski definition) is 3. The Balaban J connectivity index is 1.71. The van der Waals surface area contributed by atoms with Crippen LogP contribution in [0.25, 0.3) is 21.8 Å². The fourth-order valence-electron chi connectivity index (χ4n) is 2.73. The number of rotatable bonds is 6. The molecular weight excluding hydrogens is 331 g/mol. The van der Waals surface area contributed by atoms with Gasteiger partial charge in [0.1, 0.15) is 17.0 Å². The van der Waals surface area contributed by atoms with Crippen molar-refractivity contribution >= 4 is 21.8 Å². The van der Waals surface area contributed by atoms with E-state index in [1.807, 2.05) is 30.3 Å². The summed E-state index contributed by atoms with van der Waals surface area (Å²) in [6, 6.07) is 12.6. The SMILES string of the molecule is Oc1ccc(OCCCCCC(F)(F)F)c2nc3ccccc3cc12. The molecule has 0 saturated carbocycles. The lowest BCUT2D eigenvalue weighted by molar-refractivity contribution is -0.135. The normalized spacial score (nSPS) is 12.0. The number of halogens is 3. The molecular formula is C19H18F3NO2. The summed E-state index contributed by atoms with van der Waals surface area (Å²) in [6.07, 6.45) is -3.77. The summed E-state index contributed by atoms with van der Waals surface area (Å²) in [5, 5.41) is 11.6. The number of hydrogen-bond donors (Lipinski definition) is 1. The lowest BCUT2D eigenvalue weighted by Crippen LogP contribution is -2.07. The first-order valence-corrected chi connectivity index (χ1v) is 8.15. The first-order valence-electron chi connectivity index (χ1n) is 8.15. The zero-order chi connectivity index (χ0) is 17.9. The Kier molecular flexibility index (Phi) is 4.97. The predicted molar refractivity (Wildman–Crippen MR) is 90.9 cm³/mol. The molecule has 1 heterocycles. The fourth-order valence-corrected chi connectivity index (χ4v) is 2.73. The molecule has 0 spiro atoms. The van der Waals surface area contributed by atoms with Gasteiger partial charge in [0.2, 0.25) is 0 Å². The number of benzene rings is 2. The first-order chi connectivity index (χ1) is 11.9. The second-order valence-electron chi connectivity index (χ2n) is 5.93. The number of aromatic hydroxyl groups is 1. The van der Waals surface area contributed by atoms with Gasteiger partial charge < -0.3 is 9.84 Å². The number of alkyl halides is 3. The number of phenolic OH excluding ortho intramolecular Hbond substituents is 1. The van der Waals surface area contributed by atoms with Crippen LogP contribution in [-0.4, -0.2) is 22.9 Å². The Bertz CT molecular complexity index is 878. The molecule has 0 aliphatic heterocycles. The number of pyridine rings is 1. The average Bonchev–Trinajstić information content (AvgIpc) is 2.57. The molecule has 0 aliphatic rings. The summed E-state index contributed by atoms with van der Waals surface area (Å²) in [5.41, 5.74) is 1.34.